The summed E-state index contributed by atoms with van der Waals surface area (Å²) < 4.78 is 28.2. The fraction of sp³-hybridized carbons (Fsp3) is 0.800. The van der Waals surface area contributed by atoms with Crippen LogP contribution in [-0.2, 0) is 18.3 Å². The zero-order chi connectivity index (χ0) is 13.1. The molecule has 0 saturated carbocycles. The molecular formula is C10H18ClO5P. The van der Waals surface area contributed by atoms with Gasteiger partial charge in [-0.1, -0.05) is 11.6 Å². The highest BCUT2D eigenvalue weighted by molar-refractivity contribution is 7.58. The normalized spacial score (nSPS) is 25.7. The number of hydrogen-bond donors (Lipinski definition) is 1. The summed E-state index contributed by atoms with van der Waals surface area (Å²) in [5.41, 5.74) is -1.01. The molecule has 0 radical (unpaired) electrons. The van der Waals surface area contributed by atoms with E-state index in [0.717, 1.165) is 0 Å². The predicted molar refractivity (Wildman–Crippen MR) is 65.2 cm³/mol. The molecule has 0 aromatic carbocycles. The second kappa shape index (κ2) is 5.83. The van der Waals surface area contributed by atoms with Gasteiger partial charge in [0.25, 0.3) is 0 Å². The highest BCUT2D eigenvalue weighted by Crippen LogP contribution is 2.61. The van der Waals surface area contributed by atoms with Crippen LogP contribution in [0.3, 0.4) is 0 Å². The predicted octanol–water partition coefficient (Wildman–Crippen LogP) is 2.48. The maximum absolute atomic E-state index is 12.5. The number of aliphatic hydroxyl groups is 1. The zero-order valence-electron chi connectivity index (χ0n) is 10.2. The maximum Gasteiger partial charge on any atom is 0.360 e. The molecule has 0 spiro atoms. The molecule has 7 heteroatoms. The van der Waals surface area contributed by atoms with Crippen LogP contribution in [0, 0.1) is 0 Å². The number of rotatable bonds is 6. The SMILES string of the molecule is CCOP(=O)(OCC)C1=C(Cl)C(C)(CO)OC1. The average Bonchev–Trinajstić information content (AvgIpc) is 2.58. The van der Waals surface area contributed by atoms with Gasteiger partial charge in [0.15, 0.2) is 0 Å². The van der Waals surface area contributed by atoms with Crippen molar-refractivity contribution in [3.05, 3.63) is 10.3 Å². The third-order valence-corrected chi connectivity index (χ3v) is 5.45. The lowest BCUT2D eigenvalue weighted by Crippen LogP contribution is -2.29. The van der Waals surface area contributed by atoms with Crippen molar-refractivity contribution in [1.29, 1.82) is 0 Å². The van der Waals surface area contributed by atoms with E-state index in [4.69, 9.17) is 25.4 Å². The second-order valence-electron chi connectivity index (χ2n) is 3.77. The molecule has 0 aliphatic carbocycles. The van der Waals surface area contributed by atoms with Gasteiger partial charge in [-0.05, 0) is 20.8 Å². The topological polar surface area (TPSA) is 65.0 Å². The van der Waals surface area contributed by atoms with Crippen LogP contribution in [0.4, 0.5) is 0 Å². The van der Waals surface area contributed by atoms with E-state index in [1.807, 2.05) is 0 Å². The molecule has 0 amide bonds. The van der Waals surface area contributed by atoms with Crippen molar-refractivity contribution in [2.75, 3.05) is 26.4 Å². The first-order valence-corrected chi connectivity index (χ1v) is 7.39. The monoisotopic (exact) mass is 284 g/mol. The first-order chi connectivity index (χ1) is 7.93. The molecule has 0 bridgehead atoms. The summed E-state index contributed by atoms with van der Waals surface area (Å²) in [6.45, 7) is 5.34. The third-order valence-electron chi connectivity index (χ3n) is 2.48. The molecule has 17 heavy (non-hydrogen) atoms. The molecule has 1 unspecified atom stereocenters. The lowest BCUT2D eigenvalue weighted by molar-refractivity contribution is -0.00710. The van der Waals surface area contributed by atoms with Crippen LogP contribution in [0.2, 0.25) is 0 Å². The number of hydrogen-bond acceptors (Lipinski definition) is 5. The third kappa shape index (κ3) is 2.92. The molecular weight excluding hydrogens is 267 g/mol. The van der Waals surface area contributed by atoms with Crippen LogP contribution in [0.5, 0.6) is 0 Å². The van der Waals surface area contributed by atoms with Gasteiger partial charge in [0.2, 0.25) is 0 Å². The Morgan fingerprint density at radius 3 is 2.35 bits per heavy atom. The Bertz CT molecular complexity index is 347. The minimum Gasteiger partial charge on any atom is -0.393 e. The van der Waals surface area contributed by atoms with E-state index in [1.54, 1.807) is 20.8 Å². The smallest absolute Gasteiger partial charge is 0.360 e. The molecule has 100 valence electrons. The Morgan fingerprint density at radius 1 is 1.47 bits per heavy atom. The molecule has 0 aromatic rings. The highest BCUT2D eigenvalue weighted by atomic mass is 35.5. The van der Waals surface area contributed by atoms with Crippen LogP contribution < -0.4 is 0 Å². The quantitative estimate of drug-likeness (QED) is 0.759. The van der Waals surface area contributed by atoms with Gasteiger partial charge >= 0.3 is 7.60 Å². The first kappa shape index (κ1) is 15.2. The van der Waals surface area contributed by atoms with E-state index in [0.29, 0.717) is 5.31 Å². The molecule has 0 fully saturated rings. The van der Waals surface area contributed by atoms with Crippen LogP contribution in [0.1, 0.15) is 20.8 Å². The number of ether oxygens (including phenoxy) is 1. The van der Waals surface area contributed by atoms with Gasteiger partial charge in [-0.25, -0.2) is 0 Å². The van der Waals surface area contributed by atoms with Crippen molar-refractivity contribution in [2.24, 2.45) is 0 Å². The van der Waals surface area contributed by atoms with Crippen LogP contribution in [0.15, 0.2) is 10.3 Å². The summed E-state index contributed by atoms with van der Waals surface area (Å²) >= 11 is 6.10. The standard InChI is InChI=1S/C10H18ClO5P/c1-4-15-17(13,16-5-2)8-6-14-10(3,7-12)9(8)11/h12H,4-7H2,1-3H3. The second-order valence-corrected chi connectivity index (χ2v) is 6.20. The van der Waals surface area contributed by atoms with Gasteiger partial charge in [-0.15, -0.1) is 0 Å². The lowest BCUT2D eigenvalue weighted by atomic mass is 10.1. The summed E-state index contributed by atoms with van der Waals surface area (Å²) in [7, 11) is -3.40. The van der Waals surface area contributed by atoms with Crippen molar-refractivity contribution in [2.45, 2.75) is 26.4 Å². The van der Waals surface area contributed by atoms with Crippen molar-refractivity contribution in [3.8, 4) is 0 Å². The Morgan fingerprint density at radius 2 is 2.00 bits per heavy atom. The van der Waals surface area contributed by atoms with Gasteiger partial charge in [-0.3, -0.25) is 4.57 Å². The highest BCUT2D eigenvalue weighted by Gasteiger charge is 2.45. The van der Waals surface area contributed by atoms with E-state index in [9.17, 15) is 9.67 Å². The maximum atomic E-state index is 12.5. The van der Waals surface area contributed by atoms with Gasteiger partial charge in [-0.2, -0.15) is 0 Å². The summed E-state index contributed by atoms with van der Waals surface area (Å²) in [5, 5.41) is 9.74. The average molecular weight is 285 g/mol. The minimum atomic E-state index is -3.40. The number of halogens is 1. The fourth-order valence-corrected chi connectivity index (χ4v) is 3.75. The molecule has 1 aliphatic heterocycles. The molecule has 5 nitrogen and oxygen atoms in total. The van der Waals surface area contributed by atoms with Crippen LogP contribution in [-0.4, -0.2) is 37.1 Å². The van der Waals surface area contributed by atoms with Gasteiger partial charge in [0, 0.05) is 0 Å². The Balaban J connectivity index is 3.09. The Hall–Kier alpha value is 0.1000. The largest absolute Gasteiger partial charge is 0.393 e. The van der Waals surface area contributed by atoms with Gasteiger partial charge < -0.3 is 18.9 Å². The Labute approximate surface area is 106 Å². The summed E-state index contributed by atoms with van der Waals surface area (Å²) in [6, 6.07) is 0. The summed E-state index contributed by atoms with van der Waals surface area (Å²) in [5.74, 6) is 0. The lowest BCUT2D eigenvalue weighted by Gasteiger charge is -2.21. The molecule has 1 heterocycles. The van der Waals surface area contributed by atoms with Crippen molar-refractivity contribution < 1.29 is 23.5 Å². The van der Waals surface area contributed by atoms with Crippen molar-refractivity contribution in [1.82, 2.24) is 0 Å². The molecule has 1 N–H and O–H groups in total. The van der Waals surface area contributed by atoms with E-state index >= 15 is 0 Å². The fourth-order valence-electron chi connectivity index (χ4n) is 1.51. The molecule has 0 saturated heterocycles. The summed E-state index contributed by atoms with van der Waals surface area (Å²) in [6.07, 6.45) is 0. The molecule has 1 atom stereocenters. The van der Waals surface area contributed by atoms with E-state index < -0.39 is 13.2 Å². The van der Waals surface area contributed by atoms with Gasteiger partial charge in [0.1, 0.15) is 5.60 Å². The Kier molecular flexibility index (Phi) is 5.20. The van der Waals surface area contributed by atoms with E-state index in [1.165, 1.54) is 0 Å². The zero-order valence-corrected chi connectivity index (χ0v) is 11.9. The summed E-state index contributed by atoms with van der Waals surface area (Å²) in [4.78, 5) is 0. The van der Waals surface area contributed by atoms with Crippen LogP contribution in [0.25, 0.3) is 0 Å². The van der Waals surface area contributed by atoms with Gasteiger partial charge in [0.05, 0.1) is 36.8 Å². The minimum absolute atomic E-state index is 0.0488. The number of aliphatic hydroxyl groups excluding tert-OH is 1. The molecule has 1 aliphatic rings. The van der Waals surface area contributed by atoms with Crippen LogP contribution >= 0.6 is 19.2 Å². The van der Waals surface area contributed by atoms with Crippen molar-refractivity contribution in [3.63, 3.8) is 0 Å². The molecule has 1 rings (SSSR count). The van der Waals surface area contributed by atoms with E-state index in [2.05, 4.69) is 0 Å². The van der Waals surface area contributed by atoms with Crippen molar-refractivity contribution >= 4 is 19.2 Å². The molecule has 0 aromatic heterocycles. The van der Waals surface area contributed by atoms with E-state index in [-0.39, 0.29) is 31.5 Å². The first-order valence-electron chi connectivity index (χ1n) is 5.47.